The van der Waals surface area contributed by atoms with Crippen LogP contribution in [0.5, 0.6) is 0 Å². The second-order valence-electron chi connectivity index (χ2n) is 3.96. The summed E-state index contributed by atoms with van der Waals surface area (Å²) in [5, 5.41) is 4.07. The second kappa shape index (κ2) is 7.71. The maximum absolute atomic E-state index is 5.86. The molecule has 0 aliphatic carbocycles. The molecule has 0 aliphatic heterocycles. The number of hydrogen-bond acceptors (Lipinski definition) is 5. The lowest BCUT2D eigenvalue weighted by atomic mass is 10.2. The Morgan fingerprint density at radius 3 is 2.71 bits per heavy atom. The Kier molecular flexibility index (Phi) is 6.58. The predicted octanol–water partition coefficient (Wildman–Crippen LogP) is 3.49. The van der Waals surface area contributed by atoms with Crippen LogP contribution in [0.1, 0.15) is 33.6 Å². The van der Waals surface area contributed by atoms with Crippen LogP contribution < -0.4 is 5.32 Å². The van der Waals surface area contributed by atoms with E-state index < -0.39 is 0 Å². The molecule has 0 aliphatic rings. The Bertz CT molecular complexity index is 348. The summed E-state index contributed by atoms with van der Waals surface area (Å²) in [5.74, 6) is 2.23. The van der Waals surface area contributed by atoms with E-state index in [1.807, 2.05) is 0 Å². The van der Waals surface area contributed by atoms with Gasteiger partial charge in [-0.1, -0.05) is 39.0 Å². The van der Waals surface area contributed by atoms with Crippen LogP contribution in [0.2, 0.25) is 5.28 Å². The number of hydrogen-bond donors (Lipinski definition) is 1. The van der Waals surface area contributed by atoms with Gasteiger partial charge in [0.25, 0.3) is 0 Å². The zero-order valence-electron chi connectivity index (χ0n) is 10.5. The van der Waals surface area contributed by atoms with Crippen LogP contribution in [0.15, 0.2) is 5.16 Å². The highest BCUT2D eigenvalue weighted by Gasteiger charge is 2.07. The van der Waals surface area contributed by atoms with Crippen molar-refractivity contribution in [2.24, 2.45) is 5.92 Å². The summed E-state index contributed by atoms with van der Waals surface area (Å²) in [6.07, 6.45) is 2.19. The fourth-order valence-electron chi connectivity index (χ4n) is 1.05. The van der Waals surface area contributed by atoms with Gasteiger partial charge in [-0.25, -0.2) is 0 Å². The fourth-order valence-corrected chi connectivity index (χ4v) is 2.23. The van der Waals surface area contributed by atoms with E-state index in [9.17, 15) is 0 Å². The van der Waals surface area contributed by atoms with Crippen molar-refractivity contribution in [3.63, 3.8) is 0 Å². The maximum Gasteiger partial charge on any atom is 0.228 e. The molecule has 0 radical (unpaired) electrons. The molecule has 0 fully saturated rings. The first kappa shape index (κ1) is 14.5. The summed E-state index contributed by atoms with van der Waals surface area (Å²) in [6, 6.07) is 0. The van der Waals surface area contributed by atoms with Crippen molar-refractivity contribution < 1.29 is 0 Å². The van der Waals surface area contributed by atoms with Gasteiger partial charge >= 0.3 is 0 Å². The second-order valence-corrected chi connectivity index (χ2v) is 5.29. The van der Waals surface area contributed by atoms with Crippen molar-refractivity contribution in [1.29, 1.82) is 0 Å². The molecular weight excluding hydrogens is 256 g/mol. The van der Waals surface area contributed by atoms with Gasteiger partial charge < -0.3 is 5.32 Å². The molecular formula is C11H19ClN4S. The molecule has 1 aromatic heterocycles. The molecule has 0 spiro atoms. The molecule has 0 bridgehead atoms. The lowest BCUT2D eigenvalue weighted by Gasteiger charge is -2.08. The van der Waals surface area contributed by atoms with E-state index in [-0.39, 0.29) is 5.28 Å². The molecule has 0 saturated heterocycles. The van der Waals surface area contributed by atoms with Crippen molar-refractivity contribution in [3.8, 4) is 0 Å². The maximum atomic E-state index is 5.86. The van der Waals surface area contributed by atoms with E-state index in [1.165, 1.54) is 0 Å². The van der Waals surface area contributed by atoms with Crippen molar-refractivity contribution >= 4 is 29.3 Å². The predicted molar refractivity (Wildman–Crippen MR) is 73.8 cm³/mol. The normalized spacial score (nSPS) is 12.5. The minimum Gasteiger partial charge on any atom is -0.354 e. The Labute approximate surface area is 112 Å². The van der Waals surface area contributed by atoms with Crippen molar-refractivity contribution in [3.05, 3.63) is 5.28 Å². The third-order valence-corrected chi connectivity index (χ3v) is 3.66. The molecule has 1 heterocycles. The lowest BCUT2D eigenvalue weighted by molar-refractivity contribution is 0.636. The Morgan fingerprint density at radius 1 is 1.29 bits per heavy atom. The van der Waals surface area contributed by atoms with Crippen molar-refractivity contribution in [1.82, 2.24) is 15.0 Å². The summed E-state index contributed by atoms with van der Waals surface area (Å²) in [5.41, 5.74) is 0. The Hall–Kier alpha value is -0.550. The highest BCUT2D eigenvalue weighted by atomic mass is 35.5. The van der Waals surface area contributed by atoms with Crippen molar-refractivity contribution in [2.45, 2.75) is 38.8 Å². The van der Waals surface area contributed by atoms with Crippen LogP contribution >= 0.6 is 23.4 Å². The molecule has 4 nitrogen and oxygen atoms in total. The van der Waals surface area contributed by atoms with Gasteiger partial charge in [-0.3, -0.25) is 0 Å². The van der Waals surface area contributed by atoms with Gasteiger partial charge in [0.15, 0.2) is 5.16 Å². The minimum atomic E-state index is 0.255. The smallest absolute Gasteiger partial charge is 0.228 e. The van der Waals surface area contributed by atoms with Crippen LogP contribution in [-0.4, -0.2) is 27.2 Å². The Morgan fingerprint density at radius 2 is 2.06 bits per heavy atom. The number of aromatic nitrogens is 3. The first-order valence-electron chi connectivity index (χ1n) is 5.94. The zero-order valence-corrected chi connectivity index (χ0v) is 12.1. The van der Waals surface area contributed by atoms with Gasteiger partial charge in [-0.2, -0.15) is 15.0 Å². The molecule has 0 amide bonds. The van der Waals surface area contributed by atoms with Crippen molar-refractivity contribution in [2.75, 3.05) is 17.6 Å². The van der Waals surface area contributed by atoms with Gasteiger partial charge in [0.1, 0.15) is 0 Å². The summed E-state index contributed by atoms with van der Waals surface area (Å²) in [6.45, 7) is 7.33. The summed E-state index contributed by atoms with van der Waals surface area (Å²) < 4.78 is 0. The molecule has 0 aromatic carbocycles. The SMILES string of the molecule is CCCNc1nc(Cl)nc(SCC(C)CC)n1. The molecule has 1 rings (SSSR count). The van der Waals surface area contributed by atoms with Gasteiger partial charge in [0.2, 0.25) is 11.2 Å². The van der Waals surface area contributed by atoms with E-state index in [0.717, 1.165) is 25.1 Å². The summed E-state index contributed by atoms with van der Waals surface area (Å²) >= 11 is 7.49. The van der Waals surface area contributed by atoms with Gasteiger partial charge in [-0.05, 0) is 23.9 Å². The molecule has 17 heavy (non-hydrogen) atoms. The van der Waals surface area contributed by atoms with Crippen LogP contribution in [0.3, 0.4) is 0 Å². The van der Waals surface area contributed by atoms with Crippen LogP contribution in [0.4, 0.5) is 5.95 Å². The number of rotatable bonds is 7. The number of anilines is 1. The fraction of sp³-hybridized carbons (Fsp3) is 0.727. The standard InChI is InChI=1S/C11H19ClN4S/c1-4-6-13-10-14-9(12)15-11(16-10)17-7-8(3)5-2/h8H,4-7H2,1-3H3,(H,13,14,15,16). The average Bonchev–Trinajstić information content (AvgIpc) is 2.32. The lowest BCUT2D eigenvalue weighted by Crippen LogP contribution is -2.06. The van der Waals surface area contributed by atoms with E-state index in [0.29, 0.717) is 17.0 Å². The van der Waals surface area contributed by atoms with Gasteiger partial charge in [0, 0.05) is 12.3 Å². The Balaban J connectivity index is 2.61. The topological polar surface area (TPSA) is 50.7 Å². The third-order valence-electron chi connectivity index (χ3n) is 2.31. The monoisotopic (exact) mass is 274 g/mol. The highest BCUT2D eigenvalue weighted by Crippen LogP contribution is 2.20. The summed E-state index contributed by atoms with van der Waals surface area (Å²) in [4.78, 5) is 12.5. The van der Waals surface area contributed by atoms with Crippen LogP contribution in [0, 0.1) is 5.92 Å². The molecule has 96 valence electrons. The molecule has 1 N–H and O–H groups in total. The first-order chi connectivity index (χ1) is 8.15. The van der Waals surface area contributed by atoms with Gasteiger partial charge in [-0.15, -0.1) is 0 Å². The van der Waals surface area contributed by atoms with E-state index in [4.69, 9.17) is 11.6 Å². The van der Waals surface area contributed by atoms with E-state index in [1.54, 1.807) is 11.8 Å². The average molecular weight is 275 g/mol. The highest BCUT2D eigenvalue weighted by molar-refractivity contribution is 7.99. The van der Waals surface area contributed by atoms with E-state index in [2.05, 4.69) is 41.0 Å². The largest absolute Gasteiger partial charge is 0.354 e. The summed E-state index contributed by atoms with van der Waals surface area (Å²) in [7, 11) is 0. The molecule has 1 aromatic rings. The quantitative estimate of drug-likeness (QED) is 0.772. The number of nitrogens with one attached hydrogen (secondary N) is 1. The zero-order chi connectivity index (χ0) is 12.7. The van der Waals surface area contributed by atoms with Crippen LogP contribution in [0.25, 0.3) is 0 Å². The molecule has 1 unspecified atom stereocenters. The number of nitrogens with zero attached hydrogens (tertiary/aromatic N) is 3. The third kappa shape index (κ3) is 5.55. The van der Waals surface area contributed by atoms with Gasteiger partial charge in [0.05, 0.1) is 0 Å². The number of halogens is 1. The first-order valence-corrected chi connectivity index (χ1v) is 7.30. The minimum absolute atomic E-state index is 0.255. The number of thioether (sulfide) groups is 1. The van der Waals surface area contributed by atoms with Crippen LogP contribution in [-0.2, 0) is 0 Å². The molecule has 6 heteroatoms. The molecule has 1 atom stereocenters. The molecule has 0 saturated carbocycles. The van der Waals surface area contributed by atoms with E-state index >= 15 is 0 Å².